The van der Waals surface area contributed by atoms with E-state index in [1.165, 1.54) is 25.2 Å². The number of amides is 2. The van der Waals surface area contributed by atoms with Gasteiger partial charge in [-0.15, -0.1) is 0 Å². The minimum atomic E-state index is -3.89. The molecule has 1 atom stereocenters. The maximum atomic E-state index is 13.8. The van der Waals surface area contributed by atoms with Crippen molar-refractivity contribution in [3.63, 3.8) is 0 Å². The lowest BCUT2D eigenvalue weighted by atomic mass is 10.1. The van der Waals surface area contributed by atoms with Gasteiger partial charge in [-0.25, -0.2) is 8.42 Å². The molecule has 9 nitrogen and oxygen atoms in total. The van der Waals surface area contributed by atoms with E-state index < -0.39 is 28.5 Å². The van der Waals surface area contributed by atoms with Crippen LogP contribution in [0.3, 0.4) is 0 Å². The van der Waals surface area contributed by atoms with E-state index in [4.69, 9.17) is 9.47 Å². The molecule has 0 radical (unpaired) electrons. The summed E-state index contributed by atoms with van der Waals surface area (Å²) in [6, 6.07) is 11.5. The summed E-state index contributed by atoms with van der Waals surface area (Å²) < 4.78 is 37.3. The average molecular weight is 534 g/mol. The van der Waals surface area contributed by atoms with Gasteiger partial charge >= 0.3 is 0 Å². The van der Waals surface area contributed by atoms with Gasteiger partial charge in [0.05, 0.1) is 26.2 Å². The number of ether oxygens (including phenoxy) is 2. The highest BCUT2D eigenvalue weighted by molar-refractivity contribution is 7.92. The van der Waals surface area contributed by atoms with Crippen LogP contribution in [0.1, 0.15) is 44.2 Å². The zero-order valence-corrected chi connectivity index (χ0v) is 23.4. The van der Waals surface area contributed by atoms with Crippen LogP contribution in [-0.4, -0.2) is 64.7 Å². The van der Waals surface area contributed by atoms with E-state index in [1.807, 2.05) is 45.0 Å². The van der Waals surface area contributed by atoms with Gasteiger partial charge in [0.2, 0.25) is 21.8 Å². The van der Waals surface area contributed by atoms with Crippen LogP contribution in [-0.2, 0) is 26.2 Å². The Labute approximate surface area is 220 Å². The van der Waals surface area contributed by atoms with Crippen molar-refractivity contribution in [1.82, 2.24) is 10.2 Å². The molecule has 1 N–H and O–H groups in total. The summed E-state index contributed by atoms with van der Waals surface area (Å²) >= 11 is 0. The topological polar surface area (TPSA) is 105 Å². The Bertz CT molecular complexity index is 1170. The molecule has 0 saturated carbocycles. The smallest absolute Gasteiger partial charge is 0.244 e. The first kappa shape index (κ1) is 30.0. The first-order chi connectivity index (χ1) is 17.6. The third kappa shape index (κ3) is 8.11. The number of unbranched alkanes of at least 4 members (excludes halogenated alkanes) is 1. The monoisotopic (exact) mass is 533 g/mol. The Morgan fingerprint density at radius 1 is 1.05 bits per heavy atom. The molecule has 0 aromatic heterocycles. The molecule has 2 rings (SSSR count). The third-order valence-corrected chi connectivity index (χ3v) is 7.28. The van der Waals surface area contributed by atoms with Crippen molar-refractivity contribution in [1.29, 1.82) is 0 Å². The van der Waals surface area contributed by atoms with Crippen LogP contribution in [0.25, 0.3) is 0 Å². The van der Waals surface area contributed by atoms with E-state index in [1.54, 1.807) is 12.1 Å². The summed E-state index contributed by atoms with van der Waals surface area (Å²) in [6.45, 7) is 5.99. The molecule has 0 bridgehead atoms. The Morgan fingerprint density at radius 2 is 1.76 bits per heavy atom. The van der Waals surface area contributed by atoms with E-state index in [2.05, 4.69) is 5.32 Å². The lowest BCUT2D eigenvalue weighted by molar-refractivity contribution is -0.140. The average Bonchev–Trinajstić information content (AvgIpc) is 2.87. The standard InChI is InChI=1S/C27H39N3O6S/c1-7-9-16-28-27(32)23(8-2)29(18-21-13-11-10-12-20(21)3)26(31)19-30(37(6,33)34)24-15-14-22(35-4)17-25(24)36-5/h10-15,17,23H,7-9,16,18-19H2,1-6H3,(H,28,32)/t23-/m1/s1. The highest BCUT2D eigenvalue weighted by atomic mass is 32.2. The molecule has 0 aliphatic heterocycles. The fraction of sp³-hybridized carbons (Fsp3) is 0.481. The molecular weight excluding hydrogens is 494 g/mol. The zero-order chi connectivity index (χ0) is 27.6. The van der Waals surface area contributed by atoms with Crippen molar-refractivity contribution >= 4 is 27.5 Å². The number of hydrogen-bond acceptors (Lipinski definition) is 6. The maximum Gasteiger partial charge on any atom is 0.244 e. The molecule has 0 saturated heterocycles. The van der Waals surface area contributed by atoms with Crippen molar-refractivity contribution in [2.45, 2.75) is 52.6 Å². The van der Waals surface area contributed by atoms with Gasteiger partial charge in [-0.2, -0.15) is 0 Å². The van der Waals surface area contributed by atoms with Crippen molar-refractivity contribution in [2.75, 3.05) is 37.9 Å². The van der Waals surface area contributed by atoms with E-state index in [0.717, 1.165) is 34.5 Å². The Hall–Kier alpha value is -3.27. The molecule has 0 fully saturated rings. The second kappa shape index (κ2) is 13.9. The van der Waals surface area contributed by atoms with E-state index >= 15 is 0 Å². The quantitative estimate of drug-likeness (QED) is 0.373. The lowest BCUT2D eigenvalue weighted by Gasteiger charge is -2.33. The summed E-state index contributed by atoms with van der Waals surface area (Å²) in [5.41, 5.74) is 2.05. The molecule has 0 unspecified atom stereocenters. The van der Waals surface area contributed by atoms with Crippen LogP contribution in [0.15, 0.2) is 42.5 Å². The fourth-order valence-corrected chi connectivity index (χ4v) is 4.84. The molecule has 10 heteroatoms. The van der Waals surface area contributed by atoms with Crippen molar-refractivity contribution < 1.29 is 27.5 Å². The van der Waals surface area contributed by atoms with Crippen molar-refractivity contribution in [2.24, 2.45) is 0 Å². The molecule has 2 aromatic carbocycles. The summed E-state index contributed by atoms with van der Waals surface area (Å²) in [4.78, 5) is 28.4. The number of carbonyl (C=O) groups is 2. The SMILES string of the molecule is CCCCNC(=O)[C@@H](CC)N(Cc1ccccc1C)C(=O)CN(c1ccc(OC)cc1OC)S(C)(=O)=O. The van der Waals surface area contributed by atoms with E-state index in [9.17, 15) is 18.0 Å². The van der Waals surface area contributed by atoms with Crippen LogP contribution < -0.4 is 19.1 Å². The Morgan fingerprint density at radius 3 is 2.32 bits per heavy atom. The van der Waals surface area contributed by atoms with Crippen molar-refractivity contribution in [3.05, 3.63) is 53.6 Å². The molecule has 2 amide bonds. The lowest BCUT2D eigenvalue weighted by Crippen LogP contribution is -2.52. The number of hydrogen-bond donors (Lipinski definition) is 1. The molecule has 2 aromatic rings. The van der Waals surface area contributed by atoms with Gasteiger partial charge in [-0.05, 0) is 43.0 Å². The Kier molecular flexibility index (Phi) is 11.2. The number of methoxy groups -OCH3 is 2. The number of aryl methyl sites for hydroxylation is 1. The highest BCUT2D eigenvalue weighted by Gasteiger charge is 2.32. The number of nitrogens with zero attached hydrogens (tertiary/aromatic N) is 2. The molecule has 0 aliphatic rings. The maximum absolute atomic E-state index is 13.8. The normalized spacial score (nSPS) is 11.9. The van der Waals surface area contributed by atoms with Crippen LogP contribution in [0.2, 0.25) is 0 Å². The molecule has 0 aliphatic carbocycles. The van der Waals surface area contributed by atoms with Crippen LogP contribution in [0, 0.1) is 6.92 Å². The second-order valence-corrected chi connectivity index (χ2v) is 10.7. The number of nitrogens with one attached hydrogen (secondary N) is 1. The van der Waals surface area contributed by atoms with Gasteiger partial charge in [0.25, 0.3) is 0 Å². The molecule has 204 valence electrons. The van der Waals surface area contributed by atoms with Crippen LogP contribution >= 0.6 is 0 Å². The third-order valence-electron chi connectivity index (χ3n) is 6.15. The van der Waals surface area contributed by atoms with Crippen LogP contribution in [0.5, 0.6) is 11.5 Å². The first-order valence-corrected chi connectivity index (χ1v) is 14.2. The number of sulfonamides is 1. The zero-order valence-electron chi connectivity index (χ0n) is 22.6. The van der Waals surface area contributed by atoms with Crippen LogP contribution in [0.4, 0.5) is 5.69 Å². The number of carbonyl (C=O) groups excluding carboxylic acids is 2. The summed E-state index contributed by atoms with van der Waals surface area (Å²) in [5.74, 6) is -0.0291. The molecule has 0 spiro atoms. The van der Waals surface area contributed by atoms with Crippen molar-refractivity contribution in [3.8, 4) is 11.5 Å². The predicted octanol–water partition coefficient (Wildman–Crippen LogP) is 3.50. The predicted molar refractivity (Wildman–Crippen MR) is 145 cm³/mol. The fourth-order valence-electron chi connectivity index (χ4n) is 3.98. The highest BCUT2D eigenvalue weighted by Crippen LogP contribution is 2.33. The molecule has 37 heavy (non-hydrogen) atoms. The van der Waals surface area contributed by atoms with Gasteiger partial charge in [0.1, 0.15) is 24.1 Å². The molecule has 0 heterocycles. The number of benzene rings is 2. The summed E-state index contributed by atoms with van der Waals surface area (Å²) in [7, 11) is -0.978. The number of anilines is 1. The Balaban J connectivity index is 2.49. The van der Waals surface area contributed by atoms with E-state index in [-0.39, 0.29) is 23.9 Å². The first-order valence-electron chi connectivity index (χ1n) is 12.4. The van der Waals surface area contributed by atoms with Gasteiger partial charge in [0, 0.05) is 19.2 Å². The van der Waals surface area contributed by atoms with Gasteiger partial charge in [-0.3, -0.25) is 13.9 Å². The van der Waals surface area contributed by atoms with Gasteiger partial charge in [-0.1, -0.05) is 44.5 Å². The number of rotatable bonds is 14. The second-order valence-electron chi connectivity index (χ2n) is 8.82. The summed E-state index contributed by atoms with van der Waals surface area (Å²) in [6.07, 6.45) is 3.16. The molecular formula is C27H39N3O6S. The van der Waals surface area contributed by atoms with Gasteiger partial charge < -0.3 is 19.7 Å². The van der Waals surface area contributed by atoms with Gasteiger partial charge in [0.15, 0.2) is 0 Å². The largest absolute Gasteiger partial charge is 0.497 e. The minimum absolute atomic E-state index is 0.169. The van der Waals surface area contributed by atoms with E-state index in [0.29, 0.717) is 18.7 Å². The summed E-state index contributed by atoms with van der Waals surface area (Å²) in [5, 5.41) is 2.92. The minimum Gasteiger partial charge on any atom is -0.497 e.